The number of halogens is 1. The van der Waals surface area contributed by atoms with Gasteiger partial charge in [-0.05, 0) is 59.7 Å². The second-order valence-electron chi connectivity index (χ2n) is 6.28. The standard InChI is InChI=1S/C21H20FN3O4/c22-15-3-7-18(8-4-15)29-17-5-1-13(2-6-17)14-9-19(21(23)28)25-20(10-14)24-16(11-26)12-27/h1-10,16,26-27H,11-12H2,(H2,23,28)(H,24,25). The molecule has 0 bridgehead atoms. The average Bonchev–Trinajstić information content (AvgIpc) is 2.74. The first-order valence-corrected chi connectivity index (χ1v) is 8.82. The molecular formula is C21H20FN3O4. The molecule has 0 atom stereocenters. The minimum atomic E-state index is -0.698. The zero-order valence-electron chi connectivity index (χ0n) is 15.4. The van der Waals surface area contributed by atoms with Gasteiger partial charge in [-0.25, -0.2) is 9.37 Å². The Morgan fingerprint density at radius 1 is 1.00 bits per heavy atom. The predicted octanol–water partition coefficient (Wildman–Crippen LogP) is 2.54. The average molecular weight is 397 g/mol. The lowest BCUT2D eigenvalue weighted by Gasteiger charge is -2.15. The highest BCUT2D eigenvalue weighted by molar-refractivity contribution is 5.92. The van der Waals surface area contributed by atoms with Crippen LogP contribution >= 0.6 is 0 Å². The number of amides is 1. The fraction of sp³-hybridized carbons (Fsp3) is 0.143. The summed E-state index contributed by atoms with van der Waals surface area (Å²) in [5, 5.41) is 21.3. The van der Waals surface area contributed by atoms with Crippen LogP contribution < -0.4 is 15.8 Å². The third-order valence-corrected chi connectivity index (χ3v) is 4.11. The molecule has 0 aliphatic rings. The molecule has 1 heterocycles. The van der Waals surface area contributed by atoms with Gasteiger partial charge < -0.3 is 26.0 Å². The van der Waals surface area contributed by atoms with Crippen molar-refractivity contribution in [3.8, 4) is 22.6 Å². The van der Waals surface area contributed by atoms with Gasteiger partial charge >= 0.3 is 0 Å². The number of nitrogens with zero attached hydrogens (tertiary/aromatic N) is 1. The summed E-state index contributed by atoms with van der Waals surface area (Å²) in [6.45, 7) is -0.604. The number of nitrogens with two attached hydrogens (primary N) is 1. The second kappa shape index (κ2) is 9.13. The number of hydrogen-bond donors (Lipinski definition) is 4. The van der Waals surface area contributed by atoms with Gasteiger partial charge in [0.1, 0.15) is 28.8 Å². The van der Waals surface area contributed by atoms with Gasteiger partial charge in [0.15, 0.2) is 0 Å². The number of primary amides is 1. The second-order valence-corrected chi connectivity index (χ2v) is 6.28. The Balaban J connectivity index is 1.85. The summed E-state index contributed by atoms with van der Waals surface area (Å²) >= 11 is 0. The first kappa shape index (κ1) is 20.2. The predicted molar refractivity (Wildman–Crippen MR) is 106 cm³/mol. The highest BCUT2D eigenvalue weighted by Crippen LogP contribution is 2.27. The molecule has 5 N–H and O–H groups in total. The highest BCUT2D eigenvalue weighted by atomic mass is 19.1. The summed E-state index contributed by atoms with van der Waals surface area (Å²) in [6, 6.07) is 15.3. The van der Waals surface area contributed by atoms with Crippen molar-refractivity contribution in [2.45, 2.75) is 6.04 Å². The Labute approximate surface area is 166 Å². The van der Waals surface area contributed by atoms with Crippen LogP contribution in [0, 0.1) is 5.82 Å². The van der Waals surface area contributed by atoms with Gasteiger partial charge in [0.05, 0.1) is 19.3 Å². The summed E-state index contributed by atoms with van der Waals surface area (Å²) in [6.07, 6.45) is 0. The topological polar surface area (TPSA) is 118 Å². The van der Waals surface area contributed by atoms with E-state index in [1.165, 1.54) is 24.3 Å². The number of carbonyl (C=O) groups is 1. The van der Waals surface area contributed by atoms with Crippen molar-refractivity contribution < 1.29 is 24.1 Å². The van der Waals surface area contributed by atoms with Crippen LogP contribution in [0.5, 0.6) is 11.5 Å². The van der Waals surface area contributed by atoms with Crippen LogP contribution in [0.4, 0.5) is 10.2 Å². The van der Waals surface area contributed by atoms with Crippen molar-refractivity contribution >= 4 is 11.7 Å². The Kier molecular flexibility index (Phi) is 6.38. The minimum Gasteiger partial charge on any atom is -0.457 e. The number of benzene rings is 2. The van der Waals surface area contributed by atoms with Crippen molar-refractivity contribution in [3.63, 3.8) is 0 Å². The Bertz CT molecular complexity index is 974. The quantitative estimate of drug-likeness (QED) is 0.464. The first-order chi connectivity index (χ1) is 14.0. The van der Waals surface area contributed by atoms with Crippen LogP contribution in [0.25, 0.3) is 11.1 Å². The molecule has 1 aromatic heterocycles. The van der Waals surface area contributed by atoms with E-state index in [4.69, 9.17) is 10.5 Å². The van der Waals surface area contributed by atoms with Crippen LogP contribution in [0.15, 0.2) is 60.7 Å². The van der Waals surface area contributed by atoms with Crippen molar-refractivity contribution in [2.75, 3.05) is 18.5 Å². The zero-order chi connectivity index (χ0) is 20.8. The summed E-state index contributed by atoms with van der Waals surface area (Å²) in [7, 11) is 0. The number of pyridine rings is 1. The molecule has 7 nitrogen and oxygen atoms in total. The van der Waals surface area contributed by atoms with Crippen molar-refractivity contribution in [2.24, 2.45) is 5.73 Å². The molecule has 0 spiro atoms. The van der Waals surface area contributed by atoms with E-state index >= 15 is 0 Å². The number of aliphatic hydroxyl groups is 2. The van der Waals surface area contributed by atoms with Crippen LogP contribution in [0.3, 0.4) is 0 Å². The van der Waals surface area contributed by atoms with Crippen molar-refractivity contribution in [1.82, 2.24) is 4.98 Å². The molecule has 0 saturated heterocycles. The number of aromatic nitrogens is 1. The summed E-state index contributed by atoms with van der Waals surface area (Å²) < 4.78 is 18.7. The molecule has 0 saturated carbocycles. The van der Waals surface area contributed by atoms with Gasteiger partial charge in [0.25, 0.3) is 5.91 Å². The highest BCUT2D eigenvalue weighted by Gasteiger charge is 2.12. The van der Waals surface area contributed by atoms with Crippen molar-refractivity contribution in [1.29, 1.82) is 0 Å². The van der Waals surface area contributed by atoms with Crippen LogP contribution in [0.1, 0.15) is 10.5 Å². The Hall–Kier alpha value is -3.49. The molecule has 8 heteroatoms. The summed E-state index contributed by atoms with van der Waals surface area (Å²) in [5.74, 6) is 0.324. The number of anilines is 1. The van der Waals surface area contributed by atoms with Gasteiger partial charge in [-0.2, -0.15) is 0 Å². The molecule has 150 valence electrons. The molecule has 3 rings (SSSR count). The molecule has 0 aliphatic carbocycles. The van der Waals surface area contributed by atoms with E-state index in [0.29, 0.717) is 22.9 Å². The molecule has 3 aromatic rings. The lowest BCUT2D eigenvalue weighted by molar-refractivity contribution is 0.0995. The normalized spacial score (nSPS) is 10.8. The molecule has 29 heavy (non-hydrogen) atoms. The van der Waals surface area contributed by atoms with Gasteiger partial charge in [-0.3, -0.25) is 4.79 Å². The van der Waals surface area contributed by atoms with Gasteiger partial charge in [-0.15, -0.1) is 0 Å². The van der Waals surface area contributed by atoms with E-state index in [0.717, 1.165) is 5.56 Å². The number of ether oxygens (including phenoxy) is 1. The Morgan fingerprint density at radius 3 is 2.14 bits per heavy atom. The number of aliphatic hydroxyl groups excluding tert-OH is 2. The number of nitrogens with one attached hydrogen (secondary N) is 1. The van der Waals surface area contributed by atoms with E-state index in [1.807, 2.05) is 0 Å². The number of rotatable bonds is 8. The van der Waals surface area contributed by atoms with E-state index in [1.54, 1.807) is 36.4 Å². The monoisotopic (exact) mass is 397 g/mol. The maximum absolute atomic E-state index is 13.0. The number of hydrogen-bond acceptors (Lipinski definition) is 6. The minimum absolute atomic E-state index is 0.0475. The SMILES string of the molecule is NC(=O)c1cc(-c2ccc(Oc3ccc(F)cc3)cc2)cc(NC(CO)CO)n1. The van der Waals surface area contributed by atoms with Crippen LogP contribution in [0.2, 0.25) is 0 Å². The molecule has 1 amide bonds. The van der Waals surface area contributed by atoms with Gasteiger partial charge in [0, 0.05) is 0 Å². The third kappa shape index (κ3) is 5.28. The molecule has 0 unspecified atom stereocenters. The Morgan fingerprint density at radius 2 is 1.59 bits per heavy atom. The number of carbonyl (C=O) groups excluding carboxylic acids is 1. The van der Waals surface area contributed by atoms with Crippen LogP contribution in [-0.4, -0.2) is 40.4 Å². The summed E-state index contributed by atoms with van der Waals surface area (Å²) in [4.78, 5) is 15.7. The lowest BCUT2D eigenvalue weighted by Crippen LogP contribution is -2.28. The largest absolute Gasteiger partial charge is 0.457 e. The van der Waals surface area contributed by atoms with Crippen LogP contribution in [-0.2, 0) is 0 Å². The fourth-order valence-electron chi connectivity index (χ4n) is 2.61. The van der Waals surface area contributed by atoms with Gasteiger partial charge in [-0.1, -0.05) is 12.1 Å². The van der Waals surface area contributed by atoms with E-state index in [2.05, 4.69) is 10.3 Å². The maximum atomic E-state index is 13.0. The zero-order valence-corrected chi connectivity index (χ0v) is 15.4. The smallest absolute Gasteiger partial charge is 0.267 e. The van der Waals surface area contributed by atoms with E-state index in [-0.39, 0.29) is 24.7 Å². The van der Waals surface area contributed by atoms with E-state index < -0.39 is 11.9 Å². The maximum Gasteiger partial charge on any atom is 0.267 e. The molecule has 0 fully saturated rings. The third-order valence-electron chi connectivity index (χ3n) is 4.11. The fourth-order valence-corrected chi connectivity index (χ4v) is 2.61. The lowest BCUT2D eigenvalue weighted by atomic mass is 10.1. The molecule has 0 aliphatic heterocycles. The van der Waals surface area contributed by atoms with Gasteiger partial charge in [0.2, 0.25) is 0 Å². The molecular weight excluding hydrogens is 377 g/mol. The first-order valence-electron chi connectivity index (χ1n) is 8.82. The summed E-state index contributed by atoms with van der Waals surface area (Å²) in [5.41, 5.74) is 6.86. The van der Waals surface area contributed by atoms with E-state index in [9.17, 15) is 19.4 Å². The molecule has 2 aromatic carbocycles. The van der Waals surface area contributed by atoms with Crippen molar-refractivity contribution in [3.05, 3.63) is 72.2 Å². The molecule has 0 radical (unpaired) electrons.